The van der Waals surface area contributed by atoms with Gasteiger partial charge in [-0.3, -0.25) is 4.79 Å². The Morgan fingerprint density at radius 1 is 0.800 bits per heavy atom. The monoisotopic (exact) mass is 550 g/mol. The minimum absolute atomic E-state index is 0.0168. The van der Waals surface area contributed by atoms with Gasteiger partial charge in [0, 0.05) is 36.6 Å². The van der Waals surface area contributed by atoms with Gasteiger partial charge < -0.3 is 30.7 Å². The molecule has 0 saturated carbocycles. The maximum atomic E-state index is 13.5. The summed E-state index contributed by atoms with van der Waals surface area (Å²) in [5.74, 6) is -1.17. The van der Waals surface area contributed by atoms with E-state index >= 15 is 0 Å². The van der Waals surface area contributed by atoms with E-state index in [1.807, 2.05) is 18.2 Å². The number of carbonyl (C=O) groups excluding carboxylic acids is 1. The Kier molecular flexibility index (Phi) is 8.95. The Hall–Kier alpha value is -4.93. The summed E-state index contributed by atoms with van der Waals surface area (Å²) in [6.45, 7) is 0.386. The lowest BCUT2D eigenvalue weighted by Gasteiger charge is -2.18. The third-order valence-corrected chi connectivity index (χ3v) is 6.41. The van der Waals surface area contributed by atoms with E-state index in [9.17, 15) is 28.3 Å². The summed E-state index contributed by atoms with van der Waals surface area (Å²) in [7, 11) is 0. The van der Waals surface area contributed by atoms with Crippen LogP contribution in [-0.4, -0.2) is 52.0 Å². The highest BCUT2D eigenvalue weighted by Crippen LogP contribution is 2.28. The molecule has 0 fully saturated rings. The molecule has 0 spiro atoms. The van der Waals surface area contributed by atoms with Crippen LogP contribution in [0.1, 0.15) is 28.9 Å². The molecule has 0 radical (unpaired) electrons. The number of carboxylic acid groups (broad SMARTS) is 2. The number of nitrogens with one attached hydrogen (secondary N) is 3. The first-order valence-corrected chi connectivity index (χ1v) is 12.6. The Balaban J connectivity index is 1.61. The molecule has 0 saturated heterocycles. The molecular weight excluding hydrogens is 522 g/mol. The summed E-state index contributed by atoms with van der Waals surface area (Å²) in [4.78, 5) is 35.3. The van der Waals surface area contributed by atoms with Crippen molar-refractivity contribution < 1.29 is 33.4 Å². The van der Waals surface area contributed by atoms with E-state index < -0.39 is 24.1 Å². The first-order chi connectivity index (χ1) is 19.2. The molecule has 0 unspecified atom stereocenters. The van der Waals surface area contributed by atoms with E-state index in [-0.39, 0.29) is 31.3 Å². The lowest BCUT2D eigenvalue weighted by atomic mass is 10.0. The fourth-order valence-electron chi connectivity index (χ4n) is 4.46. The molecule has 1 heterocycles. The normalized spacial score (nSPS) is 11.7. The molecule has 5 N–H and O–H groups in total. The van der Waals surface area contributed by atoms with E-state index in [1.54, 1.807) is 34.9 Å². The zero-order chi connectivity index (χ0) is 28.6. The fourth-order valence-corrected chi connectivity index (χ4v) is 4.46. The molecule has 0 aliphatic rings. The van der Waals surface area contributed by atoms with E-state index in [0.717, 1.165) is 27.6 Å². The molecule has 9 nitrogen and oxygen atoms in total. The van der Waals surface area contributed by atoms with Crippen LogP contribution in [0.5, 0.6) is 0 Å². The summed E-state index contributed by atoms with van der Waals surface area (Å²) < 4.78 is 28.8. The molecular formula is C29H28F2N4O5. The Morgan fingerprint density at radius 3 is 2.10 bits per heavy atom. The van der Waals surface area contributed by atoms with Crippen LogP contribution in [0, 0.1) is 11.6 Å². The number of benzene rings is 3. The molecule has 1 atom stereocenters. The van der Waals surface area contributed by atoms with E-state index in [1.165, 1.54) is 24.3 Å². The minimum Gasteiger partial charge on any atom is -0.465 e. The first-order valence-electron chi connectivity index (χ1n) is 12.6. The largest absolute Gasteiger partial charge is 0.465 e. The highest BCUT2D eigenvalue weighted by Gasteiger charge is 2.19. The number of hydrogen-bond donors (Lipinski definition) is 5. The standard InChI is InChI=1S/C29H28F2N4O5/c30-22-9-3-18(4-10-22)17-35-25-14-20(19-7-11-23(31)12-8-19)5-6-21(25)15-26(35)27(36)33-16-24(34-29(39)40)2-1-13-32-28(37)38/h3-12,14-15,24,32,34H,1-2,13,16-17H2,(H,33,36)(H,37,38)(H,39,40)/t24-/m0/s1. The molecule has 4 rings (SSSR count). The Bertz CT molecular complexity index is 1500. The van der Waals surface area contributed by atoms with Crippen LogP contribution >= 0.6 is 0 Å². The van der Waals surface area contributed by atoms with Gasteiger partial charge in [-0.1, -0.05) is 36.4 Å². The molecule has 208 valence electrons. The first kappa shape index (κ1) is 28.1. The van der Waals surface area contributed by atoms with Crippen molar-refractivity contribution in [3.63, 3.8) is 0 Å². The summed E-state index contributed by atoms with van der Waals surface area (Å²) in [5.41, 5.74) is 3.42. The third-order valence-electron chi connectivity index (χ3n) is 6.41. The van der Waals surface area contributed by atoms with E-state index in [0.29, 0.717) is 18.5 Å². The predicted octanol–water partition coefficient (Wildman–Crippen LogP) is 5.05. The molecule has 3 aromatic carbocycles. The second kappa shape index (κ2) is 12.7. The second-order valence-corrected chi connectivity index (χ2v) is 9.25. The van der Waals surface area contributed by atoms with Crippen molar-refractivity contribution in [1.29, 1.82) is 0 Å². The molecule has 0 bridgehead atoms. The van der Waals surface area contributed by atoms with Crippen LogP contribution in [-0.2, 0) is 6.54 Å². The van der Waals surface area contributed by atoms with Crippen LogP contribution in [0.25, 0.3) is 22.0 Å². The van der Waals surface area contributed by atoms with E-state index in [4.69, 9.17) is 5.11 Å². The molecule has 0 aliphatic carbocycles. The van der Waals surface area contributed by atoms with Gasteiger partial charge in [0.1, 0.15) is 17.3 Å². The Morgan fingerprint density at radius 2 is 1.45 bits per heavy atom. The van der Waals surface area contributed by atoms with Crippen molar-refractivity contribution in [3.05, 3.63) is 95.7 Å². The molecule has 3 amide bonds. The van der Waals surface area contributed by atoms with Crippen molar-refractivity contribution in [3.8, 4) is 11.1 Å². The van der Waals surface area contributed by atoms with Gasteiger partial charge >= 0.3 is 12.2 Å². The predicted molar refractivity (Wildman–Crippen MR) is 145 cm³/mol. The highest BCUT2D eigenvalue weighted by molar-refractivity contribution is 5.99. The average Bonchev–Trinajstić information content (AvgIpc) is 3.28. The van der Waals surface area contributed by atoms with Crippen LogP contribution < -0.4 is 16.0 Å². The lowest BCUT2D eigenvalue weighted by Crippen LogP contribution is -2.43. The molecule has 0 aliphatic heterocycles. The van der Waals surface area contributed by atoms with Crippen molar-refractivity contribution in [2.75, 3.05) is 13.1 Å². The van der Waals surface area contributed by atoms with Crippen LogP contribution in [0.2, 0.25) is 0 Å². The molecule has 11 heteroatoms. The number of fused-ring (bicyclic) bond motifs is 1. The average molecular weight is 551 g/mol. The second-order valence-electron chi connectivity index (χ2n) is 9.25. The van der Waals surface area contributed by atoms with Crippen molar-refractivity contribution in [2.45, 2.75) is 25.4 Å². The quantitative estimate of drug-likeness (QED) is 0.167. The number of amides is 3. The van der Waals surface area contributed by atoms with Gasteiger partial charge in [-0.2, -0.15) is 0 Å². The smallest absolute Gasteiger partial charge is 0.404 e. The number of rotatable bonds is 11. The van der Waals surface area contributed by atoms with Gasteiger partial charge in [-0.05, 0) is 65.9 Å². The highest BCUT2D eigenvalue weighted by atomic mass is 19.1. The lowest BCUT2D eigenvalue weighted by molar-refractivity contribution is 0.0939. The Labute approximate surface area is 228 Å². The van der Waals surface area contributed by atoms with Gasteiger partial charge in [-0.25, -0.2) is 18.4 Å². The van der Waals surface area contributed by atoms with E-state index in [2.05, 4.69) is 16.0 Å². The number of halogens is 2. The molecule has 40 heavy (non-hydrogen) atoms. The summed E-state index contributed by atoms with van der Waals surface area (Å²) in [5, 5.41) is 26.0. The van der Waals surface area contributed by atoms with Crippen molar-refractivity contribution in [1.82, 2.24) is 20.5 Å². The zero-order valence-corrected chi connectivity index (χ0v) is 21.4. The molecule has 1 aromatic heterocycles. The van der Waals surface area contributed by atoms with Crippen LogP contribution in [0.15, 0.2) is 72.8 Å². The van der Waals surface area contributed by atoms with Gasteiger partial charge in [0.15, 0.2) is 0 Å². The fraction of sp³-hybridized carbons (Fsp3) is 0.207. The van der Waals surface area contributed by atoms with Crippen molar-refractivity contribution >= 4 is 29.0 Å². The van der Waals surface area contributed by atoms with Gasteiger partial charge in [0.25, 0.3) is 5.91 Å². The number of nitrogens with zero attached hydrogens (tertiary/aromatic N) is 1. The number of carbonyl (C=O) groups is 3. The van der Waals surface area contributed by atoms with Crippen LogP contribution in [0.3, 0.4) is 0 Å². The van der Waals surface area contributed by atoms with Gasteiger partial charge in [-0.15, -0.1) is 0 Å². The van der Waals surface area contributed by atoms with Crippen molar-refractivity contribution in [2.24, 2.45) is 0 Å². The number of hydrogen-bond acceptors (Lipinski definition) is 3. The maximum absolute atomic E-state index is 13.5. The summed E-state index contributed by atoms with van der Waals surface area (Å²) in [6.07, 6.45) is -1.77. The minimum atomic E-state index is -1.26. The zero-order valence-electron chi connectivity index (χ0n) is 21.4. The topological polar surface area (TPSA) is 133 Å². The third kappa shape index (κ3) is 7.34. The SMILES string of the molecule is O=C(O)NCCC[C@@H](CNC(=O)c1cc2ccc(-c3ccc(F)cc3)cc2n1Cc1ccc(F)cc1)NC(=O)O. The summed E-state index contributed by atoms with van der Waals surface area (Å²) >= 11 is 0. The maximum Gasteiger partial charge on any atom is 0.404 e. The number of aromatic nitrogens is 1. The van der Waals surface area contributed by atoms with Gasteiger partial charge in [0.2, 0.25) is 0 Å². The van der Waals surface area contributed by atoms with Crippen LogP contribution in [0.4, 0.5) is 18.4 Å². The summed E-state index contributed by atoms with van der Waals surface area (Å²) in [6, 6.07) is 18.7. The molecule has 4 aromatic rings. The van der Waals surface area contributed by atoms with Gasteiger partial charge in [0.05, 0.1) is 0 Å².